The second-order valence-corrected chi connectivity index (χ2v) is 5.59. The molecule has 3 aromatic heterocycles. The van der Waals surface area contributed by atoms with Gasteiger partial charge in [-0.05, 0) is 24.8 Å². The maximum absolute atomic E-state index is 11.2. The first-order chi connectivity index (χ1) is 11.2. The Morgan fingerprint density at radius 1 is 1.35 bits per heavy atom. The van der Waals surface area contributed by atoms with Crippen LogP contribution in [0, 0.1) is 5.92 Å². The molecular formula is C16H14N4O3. The highest BCUT2D eigenvalue weighted by molar-refractivity contribution is 6.00. The topological polar surface area (TPSA) is 101 Å². The number of H-pyrrole nitrogens is 1. The maximum atomic E-state index is 11.2. The lowest BCUT2D eigenvalue weighted by atomic mass is 10.2. The maximum Gasteiger partial charge on any atom is 0.339 e. The Morgan fingerprint density at radius 3 is 3.00 bits per heavy atom. The number of nitrogens with one attached hydrogen (secondary N) is 1. The smallest absolute Gasteiger partial charge is 0.339 e. The molecule has 1 saturated carbocycles. The van der Waals surface area contributed by atoms with Crippen molar-refractivity contribution in [2.24, 2.45) is 5.92 Å². The number of fused-ring (bicyclic) bond motifs is 1. The molecule has 23 heavy (non-hydrogen) atoms. The van der Waals surface area contributed by atoms with Crippen molar-refractivity contribution in [3.63, 3.8) is 0 Å². The first kappa shape index (κ1) is 13.7. The average Bonchev–Trinajstić information content (AvgIpc) is 3.29. The van der Waals surface area contributed by atoms with Crippen LogP contribution in [0.4, 0.5) is 0 Å². The predicted octanol–water partition coefficient (Wildman–Crippen LogP) is 2.51. The summed E-state index contributed by atoms with van der Waals surface area (Å²) in [6.45, 7) is 0.717. The van der Waals surface area contributed by atoms with Crippen LogP contribution in [0.5, 0.6) is 5.75 Å². The molecule has 0 aliphatic heterocycles. The third-order valence-electron chi connectivity index (χ3n) is 3.79. The van der Waals surface area contributed by atoms with Crippen molar-refractivity contribution in [1.29, 1.82) is 0 Å². The largest absolute Gasteiger partial charge is 0.493 e. The van der Waals surface area contributed by atoms with Gasteiger partial charge in [0.15, 0.2) is 5.65 Å². The van der Waals surface area contributed by atoms with Crippen LogP contribution in [0.25, 0.3) is 22.6 Å². The molecule has 7 nitrogen and oxygen atoms in total. The van der Waals surface area contributed by atoms with Crippen molar-refractivity contribution >= 4 is 17.1 Å². The van der Waals surface area contributed by atoms with Gasteiger partial charge >= 0.3 is 5.97 Å². The lowest BCUT2D eigenvalue weighted by Gasteiger charge is -2.06. The van der Waals surface area contributed by atoms with Crippen LogP contribution < -0.4 is 4.74 Å². The van der Waals surface area contributed by atoms with Gasteiger partial charge in [-0.25, -0.2) is 14.8 Å². The van der Waals surface area contributed by atoms with Crippen LogP contribution in [-0.2, 0) is 0 Å². The molecule has 3 heterocycles. The zero-order valence-electron chi connectivity index (χ0n) is 12.2. The second kappa shape index (κ2) is 5.35. The monoisotopic (exact) mass is 310 g/mol. The number of nitrogens with zero attached hydrogens (tertiary/aromatic N) is 3. The van der Waals surface area contributed by atoms with Crippen LogP contribution in [0.1, 0.15) is 23.2 Å². The van der Waals surface area contributed by atoms with Crippen LogP contribution in [-0.4, -0.2) is 37.6 Å². The Balaban J connectivity index is 1.68. The van der Waals surface area contributed by atoms with Gasteiger partial charge in [-0.15, -0.1) is 0 Å². The minimum atomic E-state index is -1.04. The number of pyridine rings is 1. The van der Waals surface area contributed by atoms with Crippen molar-refractivity contribution in [2.45, 2.75) is 12.8 Å². The summed E-state index contributed by atoms with van der Waals surface area (Å²) >= 11 is 0. The third kappa shape index (κ3) is 2.73. The van der Waals surface area contributed by atoms with Crippen molar-refractivity contribution in [1.82, 2.24) is 19.9 Å². The number of hydrogen-bond donors (Lipinski definition) is 2. The van der Waals surface area contributed by atoms with E-state index in [4.69, 9.17) is 4.74 Å². The first-order valence-electron chi connectivity index (χ1n) is 7.37. The van der Waals surface area contributed by atoms with Gasteiger partial charge in [0, 0.05) is 18.5 Å². The van der Waals surface area contributed by atoms with Crippen molar-refractivity contribution in [3.05, 3.63) is 36.3 Å². The first-order valence-corrected chi connectivity index (χ1v) is 7.37. The van der Waals surface area contributed by atoms with Gasteiger partial charge in [-0.1, -0.05) is 0 Å². The number of carboxylic acid groups (broad SMARTS) is 1. The van der Waals surface area contributed by atoms with Crippen molar-refractivity contribution in [2.75, 3.05) is 6.61 Å². The lowest BCUT2D eigenvalue weighted by molar-refractivity contribution is 0.0699. The van der Waals surface area contributed by atoms with E-state index in [1.165, 1.54) is 19.0 Å². The molecule has 2 N–H and O–H groups in total. The summed E-state index contributed by atoms with van der Waals surface area (Å²) in [6, 6.07) is 3.60. The number of aromatic carboxylic acids is 1. The normalized spacial score (nSPS) is 14.1. The quantitative estimate of drug-likeness (QED) is 0.751. The molecule has 7 heteroatoms. The molecule has 0 saturated heterocycles. The van der Waals surface area contributed by atoms with E-state index in [2.05, 4.69) is 19.9 Å². The molecule has 0 bridgehead atoms. The van der Waals surface area contributed by atoms with Crippen LogP contribution in [0.3, 0.4) is 0 Å². The summed E-state index contributed by atoms with van der Waals surface area (Å²) in [5.74, 6) is 0.356. The Bertz CT molecular complexity index is 886. The molecule has 0 spiro atoms. The Kier molecular flexibility index (Phi) is 3.18. The van der Waals surface area contributed by atoms with E-state index >= 15 is 0 Å². The van der Waals surface area contributed by atoms with Gasteiger partial charge in [0.1, 0.15) is 22.5 Å². The zero-order valence-corrected chi connectivity index (χ0v) is 12.2. The van der Waals surface area contributed by atoms with Crippen LogP contribution in [0.2, 0.25) is 0 Å². The van der Waals surface area contributed by atoms with Crippen LogP contribution in [0.15, 0.2) is 30.7 Å². The van der Waals surface area contributed by atoms with Gasteiger partial charge in [-0.2, -0.15) is 0 Å². The van der Waals surface area contributed by atoms with E-state index in [0.717, 1.165) is 12.4 Å². The van der Waals surface area contributed by atoms with Crippen LogP contribution >= 0.6 is 0 Å². The molecule has 0 aromatic carbocycles. The van der Waals surface area contributed by atoms with Gasteiger partial charge in [0.05, 0.1) is 18.5 Å². The summed E-state index contributed by atoms with van der Waals surface area (Å²) in [4.78, 5) is 26.9. The van der Waals surface area contributed by atoms with Crippen molar-refractivity contribution < 1.29 is 14.6 Å². The fourth-order valence-electron chi connectivity index (χ4n) is 2.32. The number of aromatic amines is 1. The molecule has 0 amide bonds. The number of rotatable bonds is 5. The number of carbonyl (C=O) groups is 1. The minimum absolute atomic E-state index is 0.0930. The van der Waals surface area contributed by atoms with E-state index in [-0.39, 0.29) is 5.56 Å². The van der Waals surface area contributed by atoms with E-state index in [9.17, 15) is 9.90 Å². The summed E-state index contributed by atoms with van der Waals surface area (Å²) in [6.07, 6.45) is 7.06. The molecular weight excluding hydrogens is 296 g/mol. The molecule has 0 radical (unpaired) electrons. The molecule has 3 aromatic rings. The molecule has 0 unspecified atom stereocenters. The summed E-state index contributed by atoms with van der Waals surface area (Å²) in [5, 5.41) is 9.18. The second-order valence-electron chi connectivity index (χ2n) is 5.59. The summed E-state index contributed by atoms with van der Waals surface area (Å²) in [7, 11) is 0. The highest BCUT2D eigenvalue weighted by Gasteiger charge is 2.22. The van der Waals surface area contributed by atoms with E-state index < -0.39 is 5.97 Å². The molecule has 116 valence electrons. The van der Waals surface area contributed by atoms with Gasteiger partial charge < -0.3 is 14.8 Å². The lowest BCUT2D eigenvalue weighted by Crippen LogP contribution is -2.00. The standard InChI is InChI=1S/C16H14N4O3/c21-16(22)11-6-18-15-14(11)20-13(7-19-15)12-5-10(3-4-17-12)23-8-9-1-2-9/h3-7,9H,1-2,8H2,(H,18,19)(H,21,22). The Labute approximate surface area is 131 Å². The average molecular weight is 310 g/mol. The van der Waals surface area contributed by atoms with Gasteiger partial charge in [-0.3, -0.25) is 4.98 Å². The Hall–Kier alpha value is -2.96. The fraction of sp³-hybridized carbons (Fsp3) is 0.250. The Morgan fingerprint density at radius 2 is 2.22 bits per heavy atom. The summed E-state index contributed by atoms with van der Waals surface area (Å²) in [5.41, 5.74) is 1.96. The van der Waals surface area contributed by atoms with E-state index in [0.29, 0.717) is 28.5 Å². The van der Waals surface area contributed by atoms with Gasteiger partial charge in [0.25, 0.3) is 0 Å². The third-order valence-corrected chi connectivity index (χ3v) is 3.79. The SMILES string of the molecule is O=C(O)c1c[nH]c2ncc(-c3cc(OCC4CC4)ccn3)nc12. The number of hydrogen-bond acceptors (Lipinski definition) is 5. The molecule has 1 aliphatic rings. The number of ether oxygens (including phenoxy) is 1. The number of carboxylic acids is 1. The molecule has 0 atom stereocenters. The summed E-state index contributed by atoms with van der Waals surface area (Å²) < 4.78 is 5.74. The zero-order chi connectivity index (χ0) is 15.8. The molecule has 4 rings (SSSR count). The molecule has 1 aliphatic carbocycles. The highest BCUT2D eigenvalue weighted by Crippen LogP contribution is 2.30. The van der Waals surface area contributed by atoms with Gasteiger partial charge in [0.2, 0.25) is 0 Å². The van der Waals surface area contributed by atoms with E-state index in [1.807, 2.05) is 0 Å². The van der Waals surface area contributed by atoms with E-state index in [1.54, 1.807) is 24.5 Å². The fourth-order valence-corrected chi connectivity index (χ4v) is 2.32. The minimum Gasteiger partial charge on any atom is -0.493 e. The molecule has 1 fully saturated rings. The predicted molar refractivity (Wildman–Crippen MR) is 82.3 cm³/mol. The number of aromatic nitrogens is 4. The highest BCUT2D eigenvalue weighted by atomic mass is 16.5. The van der Waals surface area contributed by atoms with Crippen molar-refractivity contribution in [3.8, 4) is 17.1 Å².